The lowest BCUT2D eigenvalue weighted by Crippen LogP contribution is -2.29. The number of alkyl halides is 3. The maximum atomic E-state index is 12.8. The van der Waals surface area contributed by atoms with Gasteiger partial charge in [-0.15, -0.1) is 0 Å². The van der Waals surface area contributed by atoms with Gasteiger partial charge in [-0.1, -0.05) is 11.6 Å². The number of benzene rings is 1. The third-order valence-electron chi connectivity index (χ3n) is 3.57. The van der Waals surface area contributed by atoms with Gasteiger partial charge in [-0.05, 0) is 37.7 Å². The first-order valence-electron chi connectivity index (χ1n) is 7.69. The highest BCUT2D eigenvalue weighted by atomic mass is 35.5. The highest BCUT2D eigenvalue weighted by Crippen LogP contribution is 2.35. The molecule has 1 aromatic carbocycles. The Morgan fingerprint density at radius 2 is 2.00 bits per heavy atom. The molecule has 27 heavy (non-hydrogen) atoms. The number of nitro groups is 1. The number of hydrogen-bond acceptors (Lipinski definition) is 4. The van der Waals surface area contributed by atoms with E-state index in [9.17, 15) is 23.3 Å². The lowest BCUT2D eigenvalue weighted by atomic mass is 10.3. The molecule has 2 aromatic rings. The highest BCUT2D eigenvalue weighted by molar-refractivity contribution is 7.80. The van der Waals surface area contributed by atoms with Crippen molar-refractivity contribution >= 4 is 40.3 Å². The molecular formula is C15H15ClF3N5O2S. The molecule has 12 heteroatoms. The van der Waals surface area contributed by atoms with Gasteiger partial charge in [0.05, 0.1) is 15.6 Å². The van der Waals surface area contributed by atoms with Crippen molar-refractivity contribution in [2.45, 2.75) is 26.1 Å². The van der Waals surface area contributed by atoms with Crippen LogP contribution in [0.2, 0.25) is 5.02 Å². The highest BCUT2D eigenvalue weighted by Gasteiger charge is 2.38. The summed E-state index contributed by atoms with van der Waals surface area (Å²) >= 11 is 10.8. The second kappa shape index (κ2) is 8.53. The molecule has 0 spiro atoms. The topological polar surface area (TPSA) is 85.0 Å². The molecule has 0 aliphatic carbocycles. The van der Waals surface area contributed by atoms with Crippen LogP contribution in [0.5, 0.6) is 0 Å². The number of halogens is 4. The van der Waals surface area contributed by atoms with Gasteiger partial charge in [0.25, 0.3) is 5.69 Å². The van der Waals surface area contributed by atoms with Crippen LogP contribution in [-0.2, 0) is 12.7 Å². The molecule has 146 valence electrons. The second-order valence-electron chi connectivity index (χ2n) is 5.51. The van der Waals surface area contributed by atoms with Gasteiger partial charge < -0.3 is 10.6 Å². The number of hydrogen-bond donors (Lipinski definition) is 2. The first-order chi connectivity index (χ1) is 12.6. The zero-order valence-electron chi connectivity index (χ0n) is 14.0. The fraction of sp³-hybridized carbons (Fsp3) is 0.333. The van der Waals surface area contributed by atoms with Crippen molar-refractivity contribution in [2.24, 2.45) is 0 Å². The molecule has 1 heterocycles. The molecule has 0 fully saturated rings. The molecule has 0 saturated heterocycles. The van der Waals surface area contributed by atoms with E-state index in [4.69, 9.17) is 23.8 Å². The summed E-state index contributed by atoms with van der Waals surface area (Å²) in [4.78, 5) is 10.1. The van der Waals surface area contributed by atoms with Crippen molar-refractivity contribution in [1.29, 1.82) is 0 Å². The van der Waals surface area contributed by atoms with E-state index in [-0.39, 0.29) is 23.0 Å². The van der Waals surface area contributed by atoms with Crippen LogP contribution in [0.15, 0.2) is 24.3 Å². The van der Waals surface area contributed by atoms with E-state index in [1.54, 1.807) is 0 Å². The van der Waals surface area contributed by atoms with Gasteiger partial charge in [-0.2, -0.15) is 18.3 Å². The van der Waals surface area contributed by atoms with Gasteiger partial charge >= 0.3 is 6.18 Å². The summed E-state index contributed by atoms with van der Waals surface area (Å²) in [6.07, 6.45) is -4.14. The van der Waals surface area contributed by atoms with Gasteiger partial charge in [0.1, 0.15) is 0 Å². The molecule has 0 atom stereocenters. The van der Waals surface area contributed by atoms with Crippen molar-refractivity contribution in [3.8, 4) is 0 Å². The number of nitro benzene ring substituents is 1. The van der Waals surface area contributed by atoms with E-state index < -0.39 is 21.8 Å². The lowest BCUT2D eigenvalue weighted by Gasteiger charge is -2.11. The summed E-state index contributed by atoms with van der Waals surface area (Å²) in [5.41, 5.74) is -0.311. The first kappa shape index (κ1) is 20.9. The van der Waals surface area contributed by atoms with Gasteiger partial charge in [-0.25, -0.2) is 0 Å². The number of non-ortho nitro benzene ring substituents is 1. The van der Waals surface area contributed by atoms with Crippen molar-refractivity contribution < 1.29 is 18.1 Å². The summed E-state index contributed by atoms with van der Waals surface area (Å²) < 4.78 is 39.5. The third-order valence-corrected chi connectivity index (χ3v) is 4.27. The average molecular weight is 422 g/mol. The van der Waals surface area contributed by atoms with Crippen LogP contribution in [0.25, 0.3) is 0 Å². The minimum Gasteiger partial charge on any atom is -0.362 e. The Balaban J connectivity index is 1.81. The monoisotopic (exact) mass is 421 g/mol. The minimum absolute atomic E-state index is 0.0362. The number of nitrogens with one attached hydrogen (secondary N) is 2. The van der Waals surface area contributed by atoms with E-state index >= 15 is 0 Å². The van der Waals surface area contributed by atoms with Crippen LogP contribution in [0, 0.1) is 17.0 Å². The van der Waals surface area contributed by atoms with Crippen molar-refractivity contribution in [2.75, 3.05) is 11.9 Å². The van der Waals surface area contributed by atoms with Crippen molar-refractivity contribution in [3.63, 3.8) is 0 Å². The SMILES string of the molecule is Cc1c(Cl)c(C(F)(F)F)nn1CCCNC(=S)Nc1ccc([N+](=O)[O-])cc1. The first-order valence-corrected chi connectivity index (χ1v) is 8.47. The van der Waals surface area contributed by atoms with Gasteiger partial charge in [-0.3, -0.25) is 14.8 Å². The average Bonchev–Trinajstić information content (AvgIpc) is 2.87. The van der Waals surface area contributed by atoms with Crippen LogP contribution >= 0.6 is 23.8 Å². The molecule has 0 bridgehead atoms. The maximum Gasteiger partial charge on any atom is 0.436 e. The predicted octanol–water partition coefficient (Wildman–Crippen LogP) is 4.15. The largest absolute Gasteiger partial charge is 0.436 e. The summed E-state index contributed by atoms with van der Waals surface area (Å²) in [5, 5.41) is 19.8. The number of rotatable bonds is 6. The normalized spacial score (nSPS) is 11.3. The molecule has 0 unspecified atom stereocenters. The molecule has 0 radical (unpaired) electrons. The second-order valence-corrected chi connectivity index (χ2v) is 6.29. The molecule has 2 rings (SSSR count). The van der Waals surface area contributed by atoms with E-state index in [0.717, 1.165) is 0 Å². The van der Waals surface area contributed by atoms with Crippen LogP contribution < -0.4 is 10.6 Å². The molecule has 0 saturated carbocycles. The van der Waals surface area contributed by atoms with Gasteiger partial charge in [0.2, 0.25) is 0 Å². The zero-order chi connectivity index (χ0) is 20.2. The molecular weight excluding hydrogens is 407 g/mol. The molecule has 0 aliphatic heterocycles. The fourth-order valence-electron chi connectivity index (χ4n) is 2.20. The Hall–Kier alpha value is -2.40. The van der Waals surface area contributed by atoms with Crippen LogP contribution in [0.3, 0.4) is 0 Å². The van der Waals surface area contributed by atoms with E-state index in [1.165, 1.54) is 35.9 Å². The molecule has 2 N–H and O–H groups in total. The fourth-order valence-corrected chi connectivity index (χ4v) is 2.66. The predicted molar refractivity (Wildman–Crippen MR) is 98.9 cm³/mol. The Labute approximate surface area is 162 Å². The van der Waals surface area contributed by atoms with Crippen LogP contribution in [-0.4, -0.2) is 26.4 Å². The Morgan fingerprint density at radius 3 is 2.52 bits per heavy atom. The van der Waals surface area contributed by atoms with Gasteiger partial charge in [0.15, 0.2) is 10.8 Å². The van der Waals surface area contributed by atoms with E-state index in [2.05, 4.69) is 15.7 Å². The number of aryl methyl sites for hydroxylation is 1. The smallest absolute Gasteiger partial charge is 0.362 e. The molecule has 0 amide bonds. The van der Waals surface area contributed by atoms with Crippen LogP contribution in [0.1, 0.15) is 17.8 Å². The number of anilines is 1. The summed E-state index contributed by atoms with van der Waals surface area (Å²) in [7, 11) is 0. The number of aromatic nitrogens is 2. The lowest BCUT2D eigenvalue weighted by molar-refractivity contribution is -0.384. The molecule has 7 nitrogen and oxygen atoms in total. The Kier molecular flexibility index (Phi) is 6.60. The van der Waals surface area contributed by atoms with E-state index in [0.29, 0.717) is 18.7 Å². The zero-order valence-corrected chi connectivity index (χ0v) is 15.6. The molecule has 1 aromatic heterocycles. The van der Waals surface area contributed by atoms with E-state index in [1.807, 2.05) is 0 Å². The van der Waals surface area contributed by atoms with Crippen LogP contribution in [0.4, 0.5) is 24.5 Å². The quantitative estimate of drug-likeness (QED) is 0.315. The van der Waals surface area contributed by atoms with Crippen molar-refractivity contribution in [3.05, 3.63) is 50.8 Å². The molecule has 0 aliphatic rings. The van der Waals surface area contributed by atoms with Crippen molar-refractivity contribution in [1.82, 2.24) is 15.1 Å². The standard InChI is InChI=1S/C15H15ClF3N5O2S/c1-9-12(16)13(15(17,18)19)22-23(9)8-2-7-20-14(27)21-10-3-5-11(6-4-10)24(25)26/h3-6H,2,7-8H2,1H3,(H2,20,21,27). The Morgan fingerprint density at radius 1 is 1.37 bits per heavy atom. The van der Waals surface area contributed by atoms with Gasteiger partial charge in [0, 0.05) is 30.9 Å². The summed E-state index contributed by atoms with van der Waals surface area (Å²) in [5.74, 6) is 0. The summed E-state index contributed by atoms with van der Waals surface area (Å²) in [6, 6.07) is 5.71. The number of nitrogens with zero attached hydrogens (tertiary/aromatic N) is 3. The third kappa shape index (κ3) is 5.54. The Bertz CT molecular complexity index is 839. The number of thiocarbonyl (C=S) groups is 1. The maximum absolute atomic E-state index is 12.8. The minimum atomic E-state index is -4.60. The summed E-state index contributed by atoms with van der Waals surface area (Å²) in [6.45, 7) is 2.09.